The molecule has 1 saturated heterocycles. The second-order valence-corrected chi connectivity index (χ2v) is 10.2. The van der Waals surface area contributed by atoms with E-state index in [0.29, 0.717) is 41.2 Å². The second kappa shape index (κ2) is 12.8. The molecule has 0 aromatic heterocycles. The molecular formula is C31H33N3O5S. The third kappa shape index (κ3) is 6.37. The first kappa shape index (κ1) is 27.5. The van der Waals surface area contributed by atoms with Crippen molar-refractivity contribution in [2.45, 2.75) is 51.6 Å². The van der Waals surface area contributed by atoms with Gasteiger partial charge in [0.1, 0.15) is 11.8 Å². The number of unbranched alkanes of at least 4 members (excludes halogenated alkanes) is 3. The first-order valence-electron chi connectivity index (χ1n) is 13.6. The van der Waals surface area contributed by atoms with E-state index in [1.165, 1.54) is 17.7 Å². The van der Waals surface area contributed by atoms with Crippen LogP contribution in [-0.2, 0) is 16.1 Å². The smallest absolute Gasteiger partial charge is 0.257 e. The number of imide groups is 1. The van der Waals surface area contributed by atoms with Gasteiger partial charge in [-0.25, -0.2) is 4.90 Å². The molecule has 9 heteroatoms. The molecule has 0 spiro atoms. The van der Waals surface area contributed by atoms with Crippen molar-refractivity contribution in [3.05, 3.63) is 78.4 Å². The molecule has 2 aliphatic heterocycles. The molecule has 1 atom stereocenters. The van der Waals surface area contributed by atoms with Crippen molar-refractivity contribution >= 4 is 40.5 Å². The second-order valence-electron chi connectivity index (χ2n) is 9.80. The minimum Gasteiger partial charge on any atom is -0.494 e. The number of hydrogen-bond acceptors (Lipinski definition) is 6. The Balaban J connectivity index is 1.33. The van der Waals surface area contributed by atoms with Crippen LogP contribution >= 0.6 is 12.2 Å². The number of hydrogen-bond donors (Lipinski definition) is 1. The first-order valence-corrected chi connectivity index (χ1v) is 14.0. The van der Waals surface area contributed by atoms with Gasteiger partial charge in [-0.2, -0.15) is 0 Å². The lowest BCUT2D eigenvalue weighted by Gasteiger charge is -2.30. The maximum atomic E-state index is 13.7. The Morgan fingerprint density at radius 3 is 2.55 bits per heavy atom. The van der Waals surface area contributed by atoms with Crippen LogP contribution in [0.3, 0.4) is 0 Å². The molecule has 208 valence electrons. The molecule has 0 unspecified atom stereocenters. The van der Waals surface area contributed by atoms with Crippen LogP contribution in [0.5, 0.6) is 17.2 Å². The van der Waals surface area contributed by atoms with Gasteiger partial charge in [-0.3, -0.25) is 9.59 Å². The zero-order valence-electron chi connectivity index (χ0n) is 22.5. The van der Waals surface area contributed by atoms with Crippen molar-refractivity contribution in [2.75, 3.05) is 23.6 Å². The van der Waals surface area contributed by atoms with E-state index >= 15 is 0 Å². The van der Waals surface area contributed by atoms with Gasteiger partial charge in [0.25, 0.3) is 5.91 Å². The average Bonchev–Trinajstić information content (AvgIpc) is 3.55. The highest BCUT2D eigenvalue weighted by molar-refractivity contribution is 7.80. The third-order valence-corrected chi connectivity index (χ3v) is 7.27. The van der Waals surface area contributed by atoms with Crippen molar-refractivity contribution < 1.29 is 23.8 Å². The van der Waals surface area contributed by atoms with E-state index in [1.54, 1.807) is 29.2 Å². The van der Waals surface area contributed by atoms with E-state index in [2.05, 4.69) is 12.2 Å². The van der Waals surface area contributed by atoms with Crippen molar-refractivity contribution in [1.29, 1.82) is 0 Å². The molecule has 40 heavy (non-hydrogen) atoms. The number of benzene rings is 3. The van der Waals surface area contributed by atoms with Gasteiger partial charge >= 0.3 is 0 Å². The zero-order chi connectivity index (χ0) is 27.9. The topological polar surface area (TPSA) is 80.3 Å². The van der Waals surface area contributed by atoms with Gasteiger partial charge in [-0.1, -0.05) is 50.5 Å². The molecule has 5 rings (SSSR count). The summed E-state index contributed by atoms with van der Waals surface area (Å²) in [6.07, 6.45) is 4.51. The number of anilines is 2. The molecule has 2 aliphatic rings. The van der Waals surface area contributed by atoms with E-state index in [-0.39, 0.29) is 25.0 Å². The molecule has 0 aliphatic carbocycles. The number of nitrogens with zero attached hydrogens (tertiary/aromatic N) is 2. The molecule has 3 aromatic carbocycles. The number of ether oxygens (including phenoxy) is 3. The molecular weight excluding hydrogens is 526 g/mol. The van der Waals surface area contributed by atoms with E-state index in [9.17, 15) is 9.59 Å². The fourth-order valence-electron chi connectivity index (χ4n) is 4.82. The number of nitrogens with one attached hydrogen (secondary N) is 1. The van der Waals surface area contributed by atoms with Crippen LogP contribution < -0.4 is 24.4 Å². The van der Waals surface area contributed by atoms with Crippen molar-refractivity contribution in [1.82, 2.24) is 4.90 Å². The van der Waals surface area contributed by atoms with E-state index in [4.69, 9.17) is 26.4 Å². The highest BCUT2D eigenvalue weighted by Crippen LogP contribution is 2.34. The summed E-state index contributed by atoms with van der Waals surface area (Å²) < 4.78 is 16.8. The summed E-state index contributed by atoms with van der Waals surface area (Å²) in [6, 6.07) is 21.5. The number of para-hydroxylation sites is 1. The third-order valence-electron chi connectivity index (χ3n) is 6.94. The number of rotatable bonds is 11. The first-order chi connectivity index (χ1) is 19.5. The zero-order valence-corrected chi connectivity index (χ0v) is 23.3. The lowest BCUT2D eigenvalue weighted by atomic mass is 10.1. The maximum absolute atomic E-state index is 13.7. The normalized spacial score (nSPS) is 15.8. The van der Waals surface area contributed by atoms with Gasteiger partial charge in [0.15, 0.2) is 16.6 Å². The van der Waals surface area contributed by atoms with E-state index in [1.807, 2.05) is 48.5 Å². The van der Waals surface area contributed by atoms with Crippen molar-refractivity contribution in [2.24, 2.45) is 0 Å². The van der Waals surface area contributed by atoms with Crippen molar-refractivity contribution in [3.63, 3.8) is 0 Å². The van der Waals surface area contributed by atoms with Crippen LogP contribution in [0.1, 0.15) is 44.6 Å². The summed E-state index contributed by atoms with van der Waals surface area (Å²) in [5.74, 6) is 1.43. The number of carbonyl (C=O) groups excluding carboxylic acids is 2. The van der Waals surface area contributed by atoms with Crippen LogP contribution in [0, 0.1) is 0 Å². The molecule has 2 heterocycles. The van der Waals surface area contributed by atoms with Gasteiger partial charge in [0.05, 0.1) is 18.7 Å². The summed E-state index contributed by atoms with van der Waals surface area (Å²) >= 11 is 5.78. The largest absolute Gasteiger partial charge is 0.494 e. The monoisotopic (exact) mass is 559 g/mol. The molecule has 1 N–H and O–H groups in total. The summed E-state index contributed by atoms with van der Waals surface area (Å²) in [7, 11) is 0. The van der Waals surface area contributed by atoms with Crippen LogP contribution in [-0.4, -0.2) is 41.3 Å². The Kier molecular flexibility index (Phi) is 8.81. The Bertz CT molecular complexity index is 1350. The quantitative estimate of drug-likeness (QED) is 0.177. The van der Waals surface area contributed by atoms with E-state index < -0.39 is 6.04 Å². The van der Waals surface area contributed by atoms with E-state index in [0.717, 1.165) is 24.1 Å². The van der Waals surface area contributed by atoms with Gasteiger partial charge < -0.3 is 24.4 Å². The summed E-state index contributed by atoms with van der Waals surface area (Å²) in [4.78, 5) is 30.0. The number of carbonyl (C=O) groups is 2. The van der Waals surface area contributed by atoms with Crippen LogP contribution in [0.25, 0.3) is 0 Å². The predicted molar refractivity (Wildman–Crippen MR) is 158 cm³/mol. The molecule has 8 nitrogen and oxygen atoms in total. The van der Waals surface area contributed by atoms with Crippen LogP contribution in [0.2, 0.25) is 0 Å². The van der Waals surface area contributed by atoms with Gasteiger partial charge in [-0.05, 0) is 72.7 Å². The number of amides is 2. The summed E-state index contributed by atoms with van der Waals surface area (Å²) in [6.45, 7) is 3.29. The highest BCUT2D eigenvalue weighted by atomic mass is 32.1. The SMILES string of the molecule is CCCCCCOc1ccc(N2C(=O)C[C@@H](N(Cc3ccc4c(c3)OCO4)C(=S)Nc3ccccc3)C2=O)cc1. The summed E-state index contributed by atoms with van der Waals surface area (Å²) in [5.41, 5.74) is 2.18. The molecule has 2 amide bonds. The Morgan fingerprint density at radius 1 is 1.00 bits per heavy atom. The van der Waals surface area contributed by atoms with Gasteiger partial charge in [0.2, 0.25) is 12.7 Å². The lowest BCUT2D eigenvalue weighted by Crippen LogP contribution is -2.46. The number of fused-ring (bicyclic) bond motifs is 1. The molecule has 0 saturated carbocycles. The average molecular weight is 560 g/mol. The highest BCUT2D eigenvalue weighted by Gasteiger charge is 2.43. The molecule has 0 radical (unpaired) electrons. The van der Waals surface area contributed by atoms with Gasteiger partial charge in [-0.15, -0.1) is 0 Å². The maximum Gasteiger partial charge on any atom is 0.257 e. The Hall–Kier alpha value is -4.11. The summed E-state index contributed by atoms with van der Waals surface area (Å²) in [5, 5.41) is 3.57. The fourth-order valence-corrected chi connectivity index (χ4v) is 5.13. The Labute approximate surface area is 239 Å². The fraction of sp³-hybridized carbons (Fsp3) is 0.323. The molecule has 0 bridgehead atoms. The van der Waals surface area contributed by atoms with Crippen LogP contribution in [0.4, 0.5) is 11.4 Å². The van der Waals surface area contributed by atoms with Crippen molar-refractivity contribution in [3.8, 4) is 17.2 Å². The predicted octanol–water partition coefficient (Wildman–Crippen LogP) is 5.91. The number of thiocarbonyl (C=S) groups is 1. The standard InChI is InChI=1S/C31H33N3O5S/c1-2-3-4-8-17-37-25-14-12-24(13-15-25)34-29(35)19-26(30(34)36)33(31(40)32-23-9-6-5-7-10-23)20-22-11-16-27-28(18-22)39-21-38-27/h5-7,9-16,18,26H,2-4,8,17,19-21H2,1H3,(H,32,40)/t26-/m1/s1. The minimum absolute atomic E-state index is 0.00960. The van der Waals surface area contributed by atoms with Gasteiger partial charge in [0, 0.05) is 12.2 Å². The Morgan fingerprint density at radius 2 is 1.77 bits per heavy atom. The lowest BCUT2D eigenvalue weighted by molar-refractivity contribution is -0.122. The minimum atomic E-state index is -0.767. The molecule has 1 fully saturated rings. The molecule has 3 aromatic rings. The van der Waals surface area contributed by atoms with Crippen LogP contribution in [0.15, 0.2) is 72.8 Å².